The second-order valence-electron chi connectivity index (χ2n) is 6.10. The van der Waals surface area contributed by atoms with E-state index >= 15 is 0 Å². The zero-order chi connectivity index (χ0) is 18.1. The predicted octanol–water partition coefficient (Wildman–Crippen LogP) is 3.58. The molecule has 26 heavy (non-hydrogen) atoms. The smallest absolute Gasteiger partial charge is 0.191 e. The van der Waals surface area contributed by atoms with Crippen molar-refractivity contribution in [3.63, 3.8) is 0 Å². The number of rotatable bonds is 7. The number of halogens is 2. The number of guanidine groups is 1. The second-order valence-corrected chi connectivity index (χ2v) is 8.54. The number of aliphatic imine (C=N–C) groups is 1. The molecule has 0 radical (unpaired) electrons. The maximum Gasteiger partial charge on any atom is 0.191 e. The summed E-state index contributed by atoms with van der Waals surface area (Å²) >= 11 is 5.85. The molecular formula is C18H29ClIN3O2S. The molecule has 0 amide bonds. The van der Waals surface area contributed by atoms with Gasteiger partial charge < -0.3 is 15.4 Å². The van der Waals surface area contributed by atoms with E-state index in [1.807, 2.05) is 31.2 Å². The molecule has 2 rings (SSSR count). The Morgan fingerprint density at radius 1 is 1.35 bits per heavy atom. The molecule has 1 saturated carbocycles. The van der Waals surface area contributed by atoms with Crippen LogP contribution in [0.2, 0.25) is 5.02 Å². The lowest BCUT2D eigenvalue weighted by Crippen LogP contribution is -2.47. The van der Waals surface area contributed by atoms with E-state index in [2.05, 4.69) is 15.6 Å². The van der Waals surface area contributed by atoms with Gasteiger partial charge in [0.1, 0.15) is 12.4 Å². The molecule has 1 aromatic carbocycles. The minimum atomic E-state index is -0.710. The number of hydrogen-bond acceptors (Lipinski definition) is 3. The average molecular weight is 514 g/mol. The minimum absolute atomic E-state index is 0. The first kappa shape index (κ1) is 23.5. The average Bonchev–Trinajstić information content (AvgIpc) is 2.65. The predicted molar refractivity (Wildman–Crippen MR) is 122 cm³/mol. The standard InChI is InChI=1S/C18H28ClN3O2S.HI/c1-3-25(23)17-6-4-5-15(13-17)22-18(20-2)21-11-12-24-16-9-7-14(19)8-10-16;/h7-10,15,17H,3-6,11-13H2,1-2H3,(H2,20,21,22);1H. The molecule has 0 bridgehead atoms. The van der Waals surface area contributed by atoms with E-state index in [0.29, 0.717) is 29.5 Å². The molecule has 1 aliphatic rings. The zero-order valence-corrected chi connectivity index (χ0v) is 19.3. The Kier molecular flexibility index (Phi) is 11.5. The summed E-state index contributed by atoms with van der Waals surface area (Å²) in [5, 5.41) is 7.73. The summed E-state index contributed by atoms with van der Waals surface area (Å²) in [6, 6.07) is 7.66. The molecule has 1 aliphatic carbocycles. The van der Waals surface area contributed by atoms with Crippen molar-refractivity contribution < 1.29 is 8.95 Å². The maximum atomic E-state index is 12.0. The van der Waals surface area contributed by atoms with Crippen LogP contribution in [-0.2, 0) is 10.8 Å². The SMILES string of the molecule is CCS(=O)C1CCCC(NC(=NC)NCCOc2ccc(Cl)cc2)C1.I. The van der Waals surface area contributed by atoms with Crippen LogP contribution in [0.4, 0.5) is 0 Å². The van der Waals surface area contributed by atoms with Crippen LogP contribution in [-0.4, -0.2) is 47.4 Å². The molecule has 0 heterocycles. The first-order valence-corrected chi connectivity index (χ1v) is 10.6. The van der Waals surface area contributed by atoms with Gasteiger partial charge in [0.25, 0.3) is 0 Å². The highest BCUT2D eigenvalue weighted by molar-refractivity contribution is 14.0. The van der Waals surface area contributed by atoms with Gasteiger partial charge >= 0.3 is 0 Å². The number of nitrogens with zero attached hydrogens (tertiary/aromatic N) is 1. The lowest BCUT2D eigenvalue weighted by atomic mass is 9.95. The van der Waals surface area contributed by atoms with Crippen LogP contribution in [0.25, 0.3) is 0 Å². The molecule has 5 nitrogen and oxygen atoms in total. The number of ether oxygens (including phenoxy) is 1. The molecule has 148 valence electrons. The third-order valence-electron chi connectivity index (χ3n) is 4.32. The van der Waals surface area contributed by atoms with Crippen molar-refractivity contribution in [2.45, 2.75) is 43.9 Å². The number of nitrogens with one attached hydrogen (secondary N) is 2. The van der Waals surface area contributed by atoms with Crippen LogP contribution in [0.3, 0.4) is 0 Å². The third-order valence-corrected chi connectivity index (χ3v) is 6.32. The van der Waals surface area contributed by atoms with E-state index in [-0.39, 0.29) is 24.0 Å². The highest BCUT2D eigenvalue weighted by Gasteiger charge is 2.25. The Labute approximate surface area is 181 Å². The summed E-state index contributed by atoms with van der Waals surface area (Å²) in [6.45, 7) is 3.18. The van der Waals surface area contributed by atoms with Crippen molar-refractivity contribution in [3.05, 3.63) is 29.3 Å². The van der Waals surface area contributed by atoms with E-state index in [1.165, 1.54) is 0 Å². The van der Waals surface area contributed by atoms with E-state index in [9.17, 15) is 4.21 Å². The second kappa shape index (κ2) is 12.8. The molecule has 0 aromatic heterocycles. The monoisotopic (exact) mass is 513 g/mol. The number of benzene rings is 1. The maximum absolute atomic E-state index is 12.0. The van der Waals surface area contributed by atoms with Crippen molar-refractivity contribution in [2.24, 2.45) is 4.99 Å². The van der Waals surface area contributed by atoms with E-state index in [1.54, 1.807) is 7.05 Å². The molecule has 2 N–H and O–H groups in total. The van der Waals surface area contributed by atoms with Crippen LogP contribution < -0.4 is 15.4 Å². The van der Waals surface area contributed by atoms with Gasteiger partial charge in [0.15, 0.2) is 5.96 Å². The molecule has 1 fully saturated rings. The molecule has 1 aromatic rings. The molecule has 3 unspecified atom stereocenters. The van der Waals surface area contributed by atoms with Crippen molar-refractivity contribution in [2.75, 3.05) is 26.0 Å². The Bertz CT molecular complexity index is 586. The summed E-state index contributed by atoms with van der Waals surface area (Å²) in [7, 11) is 1.05. The van der Waals surface area contributed by atoms with Crippen LogP contribution in [0.5, 0.6) is 5.75 Å². The first-order valence-electron chi connectivity index (χ1n) is 8.85. The minimum Gasteiger partial charge on any atom is -0.492 e. The molecule has 0 aliphatic heterocycles. The number of hydrogen-bond donors (Lipinski definition) is 2. The molecule has 8 heteroatoms. The van der Waals surface area contributed by atoms with Crippen molar-refractivity contribution in [1.29, 1.82) is 0 Å². The van der Waals surface area contributed by atoms with E-state index < -0.39 is 10.8 Å². The van der Waals surface area contributed by atoms with E-state index in [4.69, 9.17) is 16.3 Å². The van der Waals surface area contributed by atoms with E-state index in [0.717, 1.165) is 43.1 Å². The van der Waals surface area contributed by atoms with Crippen LogP contribution in [0.15, 0.2) is 29.3 Å². The normalized spacial score (nSPS) is 21.4. The molecule has 0 spiro atoms. The summed E-state index contributed by atoms with van der Waals surface area (Å²) in [5.41, 5.74) is 0. The van der Waals surface area contributed by atoms with Gasteiger partial charge in [0.2, 0.25) is 0 Å². The van der Waals surface area contributed by atoms with Gasteiger partial charge in [0, 0.05) is 39.9 Å². The Hall–Kier alpha value is -0.540. The van der Waals surface area contributed by atoms with Gasteiger partial charge in [-0.15, -0.1) is 24.0 Å². The summed E-state index contributed by atoms with van der Waals surface area (Å²) < 4.78 is 17.7. The van der Waals surface area contributed by atoms with Crippen LogP contribution in [0.1, 0.15) is 32.6 Å². The van der Waals surface area contributed by atoms with Crippen LogP contribution in [0, 0.1) is 0 Å². The summed E-state index contributed by atoms with van der Waals surface area (Å²) in [5.74, 6) is 2.31. The fourth-order valence-electron chi connectivity index (χ4n) is 3.01. The van der Waals surface area contributed by atoms with Gasteiger partial charge in [0.05, 0.1) is 6.54 Å². The fourth-order valence-corrected chi connectivity index (χ4v) is 4.48. The first-order chi connectivity index (χ1) is 12.1. The molecule has 3 atom stereocenters. The zero-order valence-electron chi connectivity index (χ0n) is 15.4. The summed E-state index contributed by atoms with van der Waals surface area (Å²) in [4.78, 5) is 4.27. The highest BCUT2D eigenvalue weighted by Crippen LogP contribution is 2.23. The summed E-state index contributed by atoms with van der Waals surface area (Å²) in [6.07, 6.45) is 4.23. The van der Waals surface area contributed by atoms with Crippen molar-refractivity contribution in [3.8, 4) is 5.75 Å². The van der Waals surface area contributed by atoms with Gasteiger partial charge in [-0.3, -0.25) is 9.20 Å². The van der Waals surface area contributed by atoms with Crippen molar-refractivity contribution >= 4 is 52.3 Å². The van der Waals surface area contributed by atoms with Crippen molar-refractivity contribution in [1.82, 2.24) is 10.6 Å². The van der Waals surface area contributed by atoms with Gasteiger partial charge in [-0.25, -0.2) is 0 Å². The molecular weight excluding hydrogens is 485 g/mol. The topological polar surface area (TPSA) is 62.7 Å². The fraction of sp³-hybridized carbons (Fsp3) is 0.611. The van der Waals surface area contributed by atoms with Gasteiger partial charge in [-0.05, 0) is 43.5 Å². The lowest BCUT2D eigenvalue weighted by Gasteiger charge is -2.30. The largest absolute Gasteiger partial charge is 0.492 e. The van der Waals surface area contributed by atoms with Crippen LogP contribution >= 0.6 is 35.6 Å². The van der Waals surface area contributed by atoms with Gasteiger partial charge in [-0.1, -0.05) is 24.9 Å². The third kappa shape index (κ3) is 8.00. The Morgan fingerprint density at radius 3 is 2.73 bits per heavy atom. The Morgan fingerprint density at radius 2 is 2.08 bits per heavy atom. The molecule has 0 saturated heterocycles. The lowest BCUT2D eigenvalue weighted by molar-refractivity contribution is 0.321. The highest BCUT2D eigenvalue weighted by atomic mass is 127. The van der Waals surface area contributed by atoms with Gasteiger partial charge in [-0.2, -0.15) is 0 Å². The Balaban J connectivity index is 0.00000338. The quantitative estimate of drug-likeness (QED) is 0.253.